The highest BCUT2D eigenvalue weighted by atomic mass is 79.9. The van der Waals surface area contributed by atoms with Crippen molar-refractivity contribution in [3.05, 3.63) is 28.2 Å². The predicted octanol–water partition coefficient (Wildman–Crippen LogP) is 3.27. The summed E-state index contributed by atoms with van der Waals surface area (Å²) < 4.78 is 27.9. The van der Waals surface area contributed by atoms with E-state index < -0.39 is 10.0 Å². The van der Waals surface area contributed by atoms with E-state index in [1.165, 1.54) is 0 Å². The third-order valence-electron chi connectivity index (χ3n) is 3.16. The minimum atomic E-state index is -3.40. The van der Waals surface area contributed by atoms with E-state index in [4.69, 9.17) is 0 Å². The molecule has 0 spiro atoms. The van der Waals surface area contributed by atoms with Crippen LogP contribution in [0.5, 0.6) is 0 Å². The SMILES string of the molecule is Cc1ccc(Br)cc1S(=O)(=O)N1CCSC(C)(C)C1. The summed E-state index contributed by atoms with van der Waals surface area (Å²) in [5.41, 5.74) is 0.791. The lowest BCUT2D eigenvalue weighted by Crippen LogP contribution is -2.46. The van der Waals surface area contributed by atoms with Gasteiger partial charge in [-0.1, -0.05) is 22.0 Å². The molecule has 1 aliphatic rings. The second-order valence-electron chi connectivity index (χ2n) is 5.36. The number of nitrogens with zero attached hydrogens (tertiary/aromatic N) is 1. The molecule has 6 heteroatoms. The average molecular weight is 364 g/mol. The largest absolute Gasteiger partial charge is 0.243 e. The van der Waals surface area contributed by atoms with E-state index in [9.17, 15) is 8.42 Å². The molecule has 3 nitrogen and oxygen atoms in total. The molecule has 0 saturated carbocycles. The monoisotopic (exact) mass is 363 g/mol. The standard InChI is InChI=1S/C13H18BrNO2S2/c1-10-4-5-11(14)8-12(10)19(16,17)15-6-7-18-13(2,3)9-15/h4-5,8H,6-7,9H2,1-3H3. The van der Waals surface area contributed by atoms with Gasteiger partial charge in [0.2, 0.25) is 10.0 Å². The fourth-order valence-electron chi connectivity index (χ4n) is 2.17. The number of benzene rings is 1. The number of hydrogen-bond donors (Lipinski definition) is 0. The van der Waals surface area contributed by atoms with Crippen LogP contribution in [-0.2, 0) is 10.0 Å². The van der Waals surface area contributed by atoms with E-state index in [0.29, 0.717) is 18.0 Å². The number of sulfonamides is 1. The fourth-order valence-corrected chi connectivity index (χ4v) is 5.84. The van der Waals surface area contributed by atoms with E-state index in [1.54, 1.807) is 10.4 Å². The Morgan fingerprint density at radius 3 is 2.68 bits per heavy atom. The lowest BCUT2D eigenvalue weighted by molar-refractivity contribution is 0.387. The van der Waals surface area contributed by atoms with Crippen LogP contribution in [0.15, 0.2) is 27.6 Å². The van der Waals surface area contributed by atoms with Crippen molar-refractivity contribution in [3.8, 4) is 0 Å². The van der Waals surface area contributed by atoms with Crippen molar-refractivity contribution in [1.82, 2.24) is 4.31 Å². The van der Waals surface area contributed by atoms with Crippen molar-refractivity contribution in [2.45, 2.75) is 30.4 Å². The molecule has 0 N–H and O–H groups in total. The molecule has 0 aromatic heterocycles. The summed E-state index contributed by atoms with van der Waals surface area (Å²) >= 11 is 5.18. The zero-order valence-electron chi connectivity index (χ0n) is 11.3. The molecule has 1 fully saturated rings. The Morgan fingerprint density at radius 1 is 1.37 bits per heavy atom. The smallest absolute Gasteiger partial charge is 0.207 e. The van der Waals surface area contributed by atoms with Gasteiger partial charge in [0.1, 0.15) is 0 Å². The molecule has 2 rings (SSSR count). The summed E-state index contributed by atoms with van der Waals surface area (Å²) in [6, 6.07) is 5.39. The van der Waals surface area contributed by atoms with Gasteiger partial charge in [0.25, 0.3) is 0 Å². The molecule has 0 bridgehead atoms. The molecule has 106 valence electrons. The van der Waals surface area contributed by atoms with E-state index in [0.717, 1.165) is 15.8 Å². The Bertz CT molecular complexity index is 584. The maximum atomic E-state index is 12.7. The van der Waals surface area contributed by atoms with Crippen LogP contribution in [0.25, 0.3) is 0 Å². The Morgan fingerprint density at radius 2 is 2.05 bits per heavy atom. The number of thioether (sulfide) groups is 1. The van der Waals surface area contributed by atoms with Crippen LogP contribution >= 0.6 is 27.7 Å². The lowest BCUT2D eigenvalue weighted by Gasteiger charge is -2.36. The Kier molecular flexibility index (Phi) is 4.35. The average Bonchev–Trinajstić information content (AvgIpc) is 2.31. The van der Waals surface area contributed by atoms with Crippen LogP contribution in [0.4, 0.5) is 0 Å². The van der Waals surface area contributed by atoms with Gasteiger partial charge in [-0.15, -0.1) is 0 Å². The van der Waals surface area contributed by atoms with Gasteiger partial charge in [0.15, 0.2) is 0 Å². The van der Waals surface area contributed by atoms with Crippen LogP contribution < -0.4 is 0 Å². The molecule has 1 aliphatic heterocycles. The van der Waals surface area contributed by atoms with Crippen LogP contribution in [-0.4, -0.2) is 36.3 Å². The van der Waals surface area contributed by atoms with E-state index in [1.807, 2.05) is 30.8 Å². The van der Waals surface area contributed by atoms with Crippen LogP contribution in [0.2, 0.25) is 0 Å². The molecule has 19 heavy (non-hydrogen) atoms. The second kappa shape index (κ2) is 5.39. The van der Waals surface area contributed by atoms with E-state index in [-0.39, 0.29) is 4.75 Å². The summed E-state index contributed by atoms with van der Waals surface area (Å²) in [6.07, 6.45) is 0. The van der Waals surface area contributed by atoms with Gasteiger partial charge in [0.05, 0.1) is 4.90 Å². The Balaban J connectivity index is 2.39. The van der Waals surface area contributed by atoms with Crippen LogP contribution in [0, 0.1) is 6.92 Å². The van der Waals surface area contributed by atoms with Crippen molar-refractivity contribution in [3.63, 3.8) is 0 Å². The topological polar surface area (TPSA) is 37.4 Å². The van der Waals surface area contributed by atoms with Gasteiger partial charge >= 0.3 is 0 Å². The quantitative estimate of drug-likeness (QED) is 0.808. The van der Waals surface area contributed by atoms with Gasteiger partial charge in [-0.2, -0.15) is 16.1 Å². The van der Waals surface area contributed by atoms with Crippen LogP contribution in [0.1, 0.15) is 19.4 Å². The molecular formula is C13H18BrNO2S2. The molecule has 1 aromatic rings. The first kappa shape index (κ1) is 15.4. The van der Waals surface area contributed by atoms with Crippen molar-refractivity contribution >= 4 is 37.7 Å². The maximum absolute atomic E-state index is 12.7. The molecule has 1 heterocycles. The van der Waals surface area contributed by atoms with Gasteiger partial charge < -0.3 is 0 Å². The molecule has 0 unspecified atom stereocenters. The van der Waals surface area contributed by atoms with E-state index >= 15 is 0 Å². The number of aryl methyl sites for hydroxylation is 1. The van der Waals surface area contributed by atoms with Gasteiger partial charge in [-0.05, 0) is 38.5 Å². The minimum absolute atomic E-state index is 0.0226. The summed E-state index contributed by atoms with van der Waals surface area (Å²) in [5.74, 6) is 0.847. The molecule has 0 radical (unpaired) electrons. The summed E-state index contributed by atoms with van der Waals surface area (Å²) in [6.45, 7) is 7.16. The Hall–Kier alpha value is -0.0400. The highest BCUT2D eigenvalue weighted by Gasteiger charge is 2.35. The number of hydrogen-bond acceptors (Lipinski definition) is 3. The molecular weight excluding hydrogens is 346 g/mol. The minimum Gasteiger partial charge on any atom is -0.207 e. The summed E-state index contributed by atoms with van der Waals surface area (Å²) in [5, 5.41) is 0. The third-order valence-corrected chi connectivity index (χ3v) is 6.94. The zero-order valence-corrected chi connectivity index (χ0v) is 14.5. The molecule has 0 amide bonds. The number of rotatable bonds is 2. The van der Waals surface area contributed by atoms with Crippen molar-refractivity contribution < 1.29 is 8.42 Å². The zero-order chi connectivity index (χ0) is 14.3. The molecule has 1 aromatic carbocycles. The third kappa shape index (κ3) is 3.35. The van der Waals surface area contributed by atoms with E-state index in [2.05, 4.69) is 29.8 Å². The normalized spacial score (nSPS) is 20.4. The molecule has 0 atom stereocenters. The second-order valence-corrected chi connectivity index (χ2v) is 9.98. The van der Waals surface area contributed by atoms with Gasteiger partial charge in [0, 0.05) is 28.1 Å². The molecule has 0 aliphatic carbocycles. The first-order valence-corrected chi connectivity index (χ1v) is 9.34. The predicted molar refractivity (Wildman–Crippen MR) is 84.2 cm³/mol. The van der Waals surface area contributed by atoms with Crippen molar-refractivity contribution in [2.75, 3.05) is 18.8 Å². The maximum Gasteiger partial charge on any atom is 0.243 e. The van der Waals surface area contributed by atoms with Gasteiger partial charge in [-0.25, -0.2) is 8.42 Å². The van der Waals surface area contributed by atoms with Crippen molar-refractivity contribution in [1.29, 1.82) is 0 Å². The summed E-state index contributed by atoms with van der Waals surface area (Å²) in [4.78, 5) is 0.407. The highest BCUT2D eigenvalue weighted by Crippen LogP contribution is 2.33. The Labute approximate surface area is 127 Å². The fraction of sp³-hybridized carbons (Fsp3) is 0.538. The van der Waals surface area contributed by atoms with Crippen LogP contribution in [0.3, 0.4) is 0 Å². The number of halogens is 1. The first-order chi connectivity index (χ1) is 8.72. The van der Waals surface area contributed by atoms with Crippen molar-refractivity contribution in [2.24, 2.45) is 0 Å². The molecule has 1 saturated heterocycles. The lowest BCUT2D eigenvalue weighted by atomic mass is 10.2. The first-order valence-electron chi connectivity index (χ1n) is 6.13. The van der Waals surface area contributed by atoms with Gasteiger partial charge in [-0.3, -0.25) is 0 Å². The summed E-state index contributed by atoms with van der Waals surface area (Å²) in [7, 11) is -3.40. The highest BCUT2D eigenvalue weighted by molar-refractivity contribution is 9.10.